The summed E-state index contributed by atoms with van der Waals surface area (Å²) in [4.78, 5) is 14.9. The van der Waals surface area contributed by atoms with Crippen molar-refractivity contribution in [2.45, 2.75) is 13.0 Å². The van der Waals surface area contributed by atoms with Crippen molar-refractivity contribution in [2.24, 2.45) is 0 Å². The standard InChI is InChI=1S/C20H23FN6O/c1-14(27(2)12-13-28-17-10-8-15(21)9-11-17)18-24-19(22)26-20(25-18)23-16-6-4-3-5-7-16/h3-11,14H,12-13H2,1-2H3,(H3,22,23,24,25,26)/t14-/m1/s1. The van der Waals surface area contributed by atoms with Gasteiger partial charge >= 0.3 is 0 Å². The number of para-hydroxylation sites is 1. The van der Waals surface area contributed by atoms with Crippen LogP contribution in [0.25, 0.3) is 0 Å². The molecule has 1 aromatic heterocycles. The van der Waals surface area contributed by atoms with Gasteiger partial charge in [-0.15, -0.1) is 0 Å². The van der Waals surface area contributed by atoms with Crippen LogP contribution < -0.4 is 15.8 Å². The number of nitrogen functional groups attached to an aromatic ring is 1. The molecule has 0 saturated carbocycles. The number of likely N-dealkylation sites (N-methyl/N-ethyl adjacent to an activating group) is 1. The summed E-state index contributed by atoms with van der Waals surface area (Å²) in [6.45, 7) is 3.06. The second kappa shape index (κ2) is 9.09. The first-order valence-electron chi connectivity index (χ1n) is 8.93. The van der Waals surface area contributed by atoms with E-state index in [0.29, 0.717) is 30.7 Å². The molecule has 28 heavy (non-hydrogen) atoms. The van der Waals surface area contributed by atoms with Crippen LogP contribution in [0.2, 0.25) is 0 Å². The Balaban J connectivity index is 1.60. The molecule has 0 radical (unpaired) electrons. The van der Waals surface area contributed by atoms with Gasteiger partial charge < -0.3 is 15.8 Å². The normalized spacial score (nSPS) is 12.0. The molecular formula is C20H23FN6O. The van der Waals surface area contributed by atoms with E-state index in [2.05, 4.69) is 20.3 Å². The van der Waals surface area contributed by atoms with Gasteiger partial charge in [-0.05, 0) is 50.4 Å². The molecule has 1 atom stereocenters. The summed E-state index contributed by atoms with van der Waals surface area (Å²) in [5.41, 5.74) is 6.73. The monoisotopic (exact) mass is 382 g/mol. The lowest BCUT2D eigenvalue weighted by molar-refractivity contribution is 0.196. The summed E-state index contributed by atoms with van der Waals surface area (Å²) in [5.74, 6) is 1.46. The van der Waals surface area contributed by atoms with Gasteiger partial charge in [0.1, 0.15) is 18.2 Å². The molecule has 3 aromatic rings. The predicted molar refractivity (Wildman–Crippen MR) is 107 cm³/mol. The highest BCUT2D eigenvalue weighted by molar-refractivity contribution is 5.53. The summed E-state index contributed by atoms with van der Waals surface area (Å²) in [6.07, 6.45) is 0. The van der Waals surface area contributed by atoms with Crippen molar-refractivity contribution < 1.29 is 9.13 Å². The third kappa shape index (κ3) is 5.37. The molecule has 3 N–H and O–H groups in total. The molecule has 0 aliphatic rings. The van der Waals surface area contributed by atoms with E-state index in [4.69, 9.17) is 10.5 Å². The lowest BCUT2D eigenvalue weighted by atomic mass is 10.3. The third-order valence-corrected chi connectivity index (χ3v) is 4.26. The lowest BCUT2D eigenvalue weighted by Crippen LogP contribution is -2.29. The van der Waals surface area contributed by atoms with E-state index in [9.17, 15) is 4.39 Å². The number of nitrogens with two attached hydrogens (primary N) is 1. The smallest absolute Gasteiger partial charge is 0.232 e. The number of hydrogen-bond acceptors (Lipinski definition) is 7. The highest BCUT2D eigenvalue weighted by Crippen LogP contribution is 2.19. The average molecular weight is 382 g/mol. The summed E-state index contributed by atoms with van der Waals surface area (Å²) in [5, 5.41) is 3.13. The van der Waals surface area contributed by atoms with Crippen LogP contribution in [0.5, 0.6) is 5.75 Å². The fourth-order valence-electron chi connectivity index (χ4n) is 2.53. The number of rotatable bonds is 8. The van der Waals surface area contributed by atoms with Crippen molar-refractivity contribution >= 4 is 17.6 Å². The van der Waals surface area contributed by atoms with Crippen LogP contribution in [0.3, 0.4) is 0 Å². The maximum absolute atomic E-state index is 12.9. The maximum Gasteiger partial charge on any atom is 0.232 e. The maximum atomic E-state index is 12.9. The summed E-state index contributed by atoms with van der Waals surface area (Å²) < 4.78 is 18.6. The molecule has 8 heteroatoms. The van der Waals surface area contributed by atoms with Gasteiger partial charge in [-0.25, -0.2) is 4.39 Å². The second-order valence-corrected chi connectivity index (χ2v) is 6.33. The van der Waals surface area contributed by atoms with Crippen molar-refractivity contribution in [2.75, 3.05) is 31.2 Å². The van der Waals surface area contributed by atoms with E-state index < -0.39 is 0 Å². The Morgan fingerprint density at radius 3 is 2.50 bits per heavy atom. The number of benzene rings is 2. The first-order chi connectivity index (χ1) is 13.5. The molecule has 7 nitrogen and oxygen atoms in total. The van der Waals surface area contributed by atoms with Gasteiger partial charge in [0.15, 0.2) is 5.82 Å². The summed E-state index contributed by atoms with van der Waals surface area (Å²) in [7, 11) is 1.95. The number of hydrogen-bond donors (Lipinski definition) is 2. The fourth-order valence-corrected chi connectivity index (χ4v) is 2.53. The Kier molecular flexibility index (Phi) is 6.33. The first kappa shape index (κ1) is 19.5. The highest BCUT2D eigenvalue weighted by atomic mass is 19.1. The minimum atomic E-state index is -0.287. The van der Waals surface area contributed by atoms with Gasteiger partial charge in [0.05, 0.1) is 6.04 Å². The van der Waals surface area contributed by atoms with Gasteiger partial charge in [-0.2, -0.15) is 15.0 Å². The average Bonchev–Trinajstić information content (AvgIpc) is 2.69. The van der Waals surface area contributed by atoms with Crippen molar-refractivity contribution in [3.05, 3.63) is 66.2 Å². The number of ether oxygens (including phenoxy) is 1. The zero-order valence-corrected chi connectivity index (χ0v) is 15.8. The Bertz CT molecular complexity index is 891. The zero-order valence-electron chi connectivity index (χ0n) is 15.8. The molecule has 0 amide bonds. The quantitative estimate of drug-likeness (QED) is 0.617. The molecule has 0 aliphatic carbocycles. The van der Waals surface area contributed by atoms with Crippen LogP contribution in [0.4, 0.5) is 22.0 Å². The predicted octanol–water partition coefficient (Wildman–Crippen LogP) is 3.41. The van der Waals surface area contributed by atoms with Gasteiger partial charge in [0, 0.05) is 12.2 Å². The van der Waals surface area contributed by atoms with Crippen LogP contribution in [-0.4, -0.2) is 40.1 Å². The molecule has 2 aromatic carbocycles. The largest absolute Gasteiger partial charge is 0.492 e. The topological polar surface area (TPSA) is 89.2 Å². The number of nitrogens with one attached hydrogen (secondary N) is 1. The van der Waals surface area contributed by atoms with Crippen LogP contribution in [0.1, 0.15) is 18.8 Å². The van der Waals surface area contributed by atoms with Crippen molar-refractivity contribution in [1.29, 1.82) is 0 Å². The number of nitrogens with zero attached hydrogens (tertiary/aromatic N) is 4. The molecule has 0 spiro atoms. The van der Waals surface area contributed by atoms with Gasteiger partial charge in [0.25, 0.3) is 0 Å². The van der Waals surface area contributed by atoms with Crippen LogP contribution in [0.15, 0.2) is 54.6 Å². The fraction of sp³-hybridized carbons (Fsp3) is 0.250. The Labute approximate surface area is 163 Å². The van der Waals surface area contributed by atoms with Gasteiger partial charge in [0.2, 0.25) is 11.9 Å². The summed E-state index contributed by atoms with van der Waals surface area (Å²) >= 11 is 0. The highest BCUT2D eigenvalue weighted by Gasteiger charge is 2.17. The molecule has 0 unspecified atom stereocenters. The Morgan fingerprint density at radius 2 is 1.79 bits per heavy atom. The SMILES string of the molecule is C[C@H](c1nc(N)nc(Nc2ccccc2)n1)N(C)CCOc1ccc(F)cc1. The van der Waals surface area contributed by atoms with Crippen LogP contribution in [-0.2, 0) is 0 Å². The minimum absolute atomic E-state index is 0.0987. The summed E-state index contributed by atoms with van der Waals surface area (Å²) in [6, 6.07) is 15.5. The van der Waals surface area contributed by atoms with E-state index in [-0.39, 0.29) is 17.8 Å². The molecule has 0 bridgehead atoms. The van der Waals surface area contributed by atoms with E-state index >= 15 is 0 Å². The minimum Gasteiger partial charge on any atom is -0.492 e. The van der Waals surface area contributed by atoms with E-state index in [1.807, 2.05) is 49.2 Å². The van der Waals surface area contributed by atoms with Gasteiger partial charge in [-0.1, -0.05) is 18.2 Å². The number of anilines is 3. The Hall–Kier alpha value is -3.26. The van der Waals surface area contributed by atoms with Crippen LogP contribution >= 0.6 is 0 Å². The molecule has 3 rings (SSSR count). The zero-order chi connectivity index (χ0) is 19.9. The molecule has 1 heterocycles. The van der Waals surface area contributed by atoms with Gasteiger partial charge in [-0.3, -0.25) is 4.90 Å². The van der Waals surface area contributed by atoms with Crippen molar-refractivity contribution in [1.82, 2.24) is 19.9 Å². The molecule has 0 saturated heterocycles. The van der Waals surface area contributed by atoms with E-state index in [0.717, 1.165) is 5.69 Å². The molecule has 0 aliphatic heterocycles. The van der Waals surface area contributed by atoms with E-state index in [1.54, 1.807) is 12.1 Å². The van der Waals surface area contributed by atoms with E-state index in [1.165, 1.54) is 12.1 Å². The third-order valence-electron chi connectivity index (χ3n) is 4.26. The second-order valence-electron chi connectivity index (χ2n) is 6.33. The van der Waals surface area contributed by atoms with Crippen LogP contribution in [0, 0.1) is 5.82 Å². The van der Waals surface area contributed by atoms with Crippen molar-refractivity contribution in [3.63, 3.8) is 0 Å². The lowest BCUT2D eigenvalue weighted by Gasteiger charge is -2.23. The molecule has 0 fully saturated rings. The van der Waals surface area contributed by atoms with Crippen molar-refractivity contribution in [3.8, 4) is 5.75 Å². The Morgan fingerprint density at radius 1 is 1.07 bits per heavy atom. The number of halogens is 1. The number of aromatic nitrogens is 3. The first-order valence-corrected chi connectivity index (χ1v) is 8.93. The molecule has 146 valence electrons. The molecular weight excluding hydrogens is 359 g/mol.